The fourth-order valence-electron chi connectivity index (χ4n) is 3.56. The highest BCUT2D eigenvalue weighted by Crippen LogP contribution is 2.22. The fourth-order valence-corrected chi connectivity index (χ4v) is 4.92. The normalized spacial score (nSPS) is 14.4. The predicted octanol–water partition coefficient (Wildman–Crippen LogP) is 3.17. The Hall–Kier alpha value is -3.64. The van der Waals surface area contributed by atoms with Gasteiger partial charge in [-0.25, -0.2) is 13.4 Å². The molecule has 1 saturated carbocycles. The zero-order chi connectivity index (χ0) is 25.5. The Kier molecular flexibility index (Phi) is 8.06. The summed E-state index contributed by atoms with van der Waals surface area (Å²) in [5.74, 6) is -0.927. The van der Waals surface area contributed by atoms with Crippen molar-refractivity contribution in [2.75, 3.05) is 11.6 Å². The number of thiazole rings is 1. The predicted molar refractivity (Wildman–Crippen MR) is 136 cm³/mol. The molecule has 2 aromatic heterocycles. The van der Waals surface area contributed by atoms with Crippen LogP contribution in [0.1, 0.15) is 46.6 Å². The molecule has 1 aliphatic rings. The molecule has 0 aliphatic heterocycles. The van der Waals surface area contributed by atoms with Gasteiger partial charge in [-0.15, -0.1) is 0 Å². The Balaban J connectivity index is 1.47. The molecular weight excluding hydrogens is 502 g/mol. The number of oxime groups is 1. The molecule has 2 amide bonds. The number of pyridine rings is 1. The molecule has 0 spiro atoms. The van der Waals surface area contributed by atoms with Crippen LogP contribution in [0.15, 0.2) is 64.9 Å². The Labute approximate surface area is 212 Å². The van der Waals surface area contributed by atoms with Crippen molar-refractivity contribution in [3.63, 3.8) is 0 Å². The van der Waals surface area contributed by atoms with Gasteiger partial charge in [0.1, 0.15) is 11.0 Å². The van der Waals surface area contributed by atoms with Gasteiger partial charge in [-0.05, 0) is 49.9 Å². The van der Waals surface area contributed by atoms with Gasteiger partial charge in [0.2, 0.25) is 0 Å². The first-order valence-corrected chi connectivity index (χ1v) is 14.0. The maximum atomic E-state index is 13.1. The van der Waals surface area contributed by atoms with E-state index in [9.17, 15) is 18.0 Å². The summed E-state index contributed by atoms with van der Waals surface area (Å²) in [5, 5.41) is 9.75. The van der Waals surface area contributed by atoms with Crippen LogP contribution < -0.4 is 10.6 Å². The first kappa shape index (κ1) is 25.5. The Morgan fingerprint density at radius 3 is 2.53 bits per heavy atom. The molecule has 10 nitrogen and oxygen atoms in total. The summed E-state index contributed by atoms with van der Waals surface area (Å²) in [5.41, 5.74) is 1.09. The molecule has 0 atom stereocenters. The Morgan fingerprint density at radius 1 is 1.11 bits per heavy atom. The second-order valence-corrected chi connectivity index (χ2v) is 11.3. The highest BCUT2D eigenvalue weighted by Gasteiger charge is 2.22. The number of nitrogens with one attached hydrogen (secondary N) is 2. The topological polar surface area (TPSA) is 140 Å². The van der Waals surface area contributed by atoms with Crippen molar-refractivity contribution in [1.29, 1.82) is 0 Å². The molecule has 0 bridgehead atoms. The molecule has 1 fully saturated rings. The minimum absolute atomic E-state index is 0.0155. The monoisotopic (exact) mass is 527 g/mol. The third-order valence-electron chi connectivity index (χ3n) is 5.47. The maximum absolute atomic E-state index is 13.1. The van der Waals surface area contributed by atoms with E-state index in [0.717, 1.165) is 43.3 Å². The SMILES string of the molecule is CS(=O)(=O)c1ccc(C(=NOC2CCCC2)C(=O)Nc2ncc(C(=O)NCc3ccccn3)s2)cc1. The molecular formula is C24H25N5O5S2. The molecule has 12 heteroatoms. The van der Waals surface area contributed by atoms with Gasteiger partial charge in [0.05, 0.1) is 23.3 Å². The molecule has 36 heavy (non-hydrogen) atoms. The van der Waals surface area contributed by atoms with Crippen LogP contribution in [0.25, 0.3) is 0 Å². The van der Waals surface area contributed by atoms with E-state index in [1.807, 2.05) is 6.07 Å². The van der Waals surface area contributed by atoms with Crippen molar-refractivity contribution in [3.8, 4) is 0 Å². The number of aromatic nitrogens is 2. The number of rotatable bonds is 9. The highest BCUT2D eigenvalue weighted by molar-refractivity contribution is 7.90. The second kappa shape index (κ2) is 11.4. The minimum atomic E-state index is -3.39. The van der Waals surface area contributed by atoms with E-state index >= 15 is 0 Å². The Bertz CT molecular complexity index is 1350. The summed E-state index contributed by atoms with van der Waals surface area (Å²) in [6, 6.07) is 11.3. The lowest BCUT2D eigenvalue weighted by Gasteiger charge is -2.10. The third-order valence-corrected chi connectivity index (χ3v) is 7.51. The summed E-state index contributed by atoms with van der Waals surface area (Å²) in [6.45, 7) is 0.262. The highest BCUT2D eigenvalue weighted by atomic mass is 32.2. The van der Waals surface area contributed by atoms with Crippen LogP contribution in [-0.4, -0.2) is 48.3 Å². The molecule has 188 valence electrons. The van der Waals surface area contributed by atoms with Crippen LogP contribution >= 0.6 is 11.3 Å². The van der Waals surface area contributed by atoms with Crippen LogP contribution in [0.3, 0.4) is 0 Å². The smallest absolute Gasteiger partial charge is 0.280 e. The fraction of sp³-hybridized carbons (Fsp3) is 0.292. The minimum Gasteiger partial charge on any atom is -0.392 e. The van der Waals surface area contributed by atoms with Crippen molar-refractivity contribution < 1.29 is 22.8 Å². The van der Waals surface area contributed by atoms with Crippen molar-refractivity contribution >= 4 is 43.8 Å². The van der Waals surface area contributed by atoms with E-state index in [1.54, 1.807) is 18.3 Å². The number of carbonyl (C=O) groups is 2. The number of nitrogens with zero attached hydrogens (tertiary/aromatic N) is 3. The number of sulfone groups is 1. The number of amides is 2. The van der Waals surface area contributed by atoms with Crippen molar-refractivity contribution in [2.24, 2.45) is 5.16 Å². The number of hydrogen-bond donors (Lipinski definition) is 2. The lowest BCUT2D eigenvalue weighted by Crippen LogP contribution is -2.25. The van der Waals surface area contributed by atoms with E-state index in [-0.39, 0.29) is 34.3 Å². The lowest BCUT2D eigenvalue weighted by molar-refractivity contribution is -0.110. The van der Waals surface area contributed by atoms with E-state index in [0.29, 0.717) is 16.1 Å². The summed E-state index contributed by atoms with van der Waals surface area (Å²) in [6.07, 6.45) is 7.85. The first-order valence-electron chi connectivity index (χ1n) is 11.3. The molecule has 2 N–H and O–H groups in total. The summed E-state index contributed by atoms with van der Waals surface area (Å²) in [7, 11) is -3.39. The molecule has 2 heterocycles. The zero-order valence-corrected chi connectivity index (χ0v) is 21.1. The maximum Gasteiger partial charge on any atom is 0.280 e. The van der Waals surface area contributed by atoms with Gasteiger partial charge in [0, 0.05) is 18.0 Å². The van der Waals surface area contributed by atoms with Gasteiger partial charge in [0.15, 0.2) is 20.7 Å². The molecule has 0 unspecified atom stereocenters. The van der Waals surface area contributed by atoms with E-state index < -0.39 is 15.7 Å². The quantitative estimate of drug-likeness (QED) is 0.322. The average molecular weight is 528 g/mol. The summed E-state index contributed by atoms with van der Waals surface area (Å²) >= 11 is 1.02. The van der Waals surface area contributed by atoms with E-state index in [4.69, 9.17) is 4.84 Å². The molecule has 1 aliphatic carbocycles. The molecule has 4 rings (SSSR count). The number of carbonyl (C=O) groups excluding carboxylic acids is 2. The van der Waals surface area contributed by atoms with Gasteiger partial charge in [-0.2, -0.15) is 0 Å². The van der Waals surface area contributed by atoms with E-state index in [1.165, 1.54) is 30.5 Å². The number of hydrogen-bond acceptors (Lipinski definition) is 9. The van der Waals surface area contributed by atoms with Crippen LogP contribution in [0.2, 0.25) is 0 Å². The number of benzene rings is 1. The summed E-state index contributed by atoms with van der Waals surface area (Å²) < 4.78 is 23.6. The van der Waals surface area contributed by atoms with Gasteiger partial charge >= 0.3 is 0 Å². The Morgan fingerprint density at radius 2 is 1.86 bits per heavy atom. The van der Waals surface area contributed by atoms with Gasteiger partial charge < -0.3 is 10.2 Å². The van der Waals surface area contributed by atoms with Crippen LogP contribution in [0.5, 0.6) is 0 Å². The first-order chi connectivity index (χ1) is 17.3. The molecule has 0 radical (unpaired) electrons. The van der Waals surface area contributed by atoms with E-state index in [2.05, 4.69) is 25.8 Å². The van der Waals surface area contributed by atoms with Crippen LogP contribution in [0.4, 0.5) is 5.13 Å². The van der Waals surface area contributed by atoms with Crippen molar-refractivity contribution in [2.45, 2.75) is 43.2 Å². The average Bonchev–Trinajstić information content (AvgIpc) is 3.56. The van der Waals surface area contributed by atoms with Crippen LogP contribution in [0, 0.1) is 0 Å². The molecule has 3 aromatic rings. The molecule has 0 saturated heterocycles. The number of anilines is 1. The van der Waals surface area contributed by atoms with Crippen LogP contribution in [-0.2, 0) is 26.0 Å². The van der Waals surface area contributed by atoms with Crippen molar-refractivity contribution in [1.82, 2.24) is 15.3 Å². The molecule has 1 aromatic carbocycles. The lowest BCUT2D eigenvalue weighted by atomic mass is 10.1. The second-order valence-electron chi connectivity index (χ2n) is 8.24. The van der Waals surface area contributed by atoms with Crippen molar-refractivity contribution in [3.05, 3.63) is 71.0 Å². The summed E-state index contributed by atoms with van der Waals surface area (Å²) in [4.78, 5) is 39.9. The van der Waals surface area contributed by atoms with Gasteiger partial charge in [-0.3, -0.25) is 19.9 Å². The zero-order valence-electron chi connectivity index (χ0n) is 19.5. The van der Waals surface area contributed by atoms with Gasteiger partial charge in [0.25, 0.3) is 11.8 Å². The van der Waals surface area contributed by atoms with Gasteiger partial charge in [-0.1, -0.05) is 34.7 Å². The largest absolute Gasteiger partial charge is 0.392 e. The third kappa shape index (κ3) is 6.73. The standard InChI is InChI=1S/C24H25N5O5S2/c1-36(32,33)19-11-9-16(10-12-19)21(29-34-18-7-2-3-8-18)23(31)28-24-27-15-20(35-24)22(30)26-14-17-6-4-5-13-25-17/h4-6,9-13,15,18H,2-3,7-8,14H2,1H3,(H,26,30)(H,27,28,31).